The van der Waals surface area contributed by atoms with Gasteiger partial charge in [0, 0.05) is 16.0 Å². The molecule has 0 aliphatic rings. The maximum atomic E-state index is 14.2. The van der Waals surface area contributed by atoms with Crippen molar-refractivity contribution in [2.75, 3.05) is 0 Å². The van der Waals surface area contributed by atoms with E-state index in [1.54, 1.807) is 45.6 Å². The van der Waals surface area contributed by atoms with E-state index in [9.17, 15) is 13.2 Å². The Morgan fingerprint density at radius 3 is 2.23 bits per heavy atom. The van der Waals surface area contributed by atoms with E-state index in [0.717, 1.165) is 4.90 Å². The highest BCUT2D eigenvalue weighted by atomic mass is 32.1. The fourth-order valence-corrected chi connectivity index (χ4v) is 3.27. The summed E-state index contributed by atoms with van der Waals surface area (Å²) >= 11 is 4.26. The molecule has 1 atom stereocenters. The molecule has 1 heterocycles. The van der Waals surface area contributed by atoms with Gasteiger partial charge in [0.15, 0.2) is 0 Å². The highest BCUT2D eigenvalue weighted by Gasteiger charge is 2.34. The minimum atomic E-state index is -3.16. The number of hydrogen-bond donors (Lipinski definition) is 1. The molecule has 0 aliphatic heterocycles. The number of halogens is 3. The number of aromatic nitrogens is 2. The number of thiol groups is 1. The van der Waals surface area contributed by atoms with Crippen molar-refractivity contribution < 1.29 is 13.2 Å². The van der Waals surface area contributed by atoms with Gasteiger partial charge in [0.05, 0.1) is 11.4 Å². The van der Waals surface area contributed by atoms with Gasteiger partial charge in [-0.1, -0.05) is 22.6 Å². The molecular weight excluding hydrogens is 376 g/mol. The molecular formula is C19H18F3N2PS. The molecule has 0 aliphatic carbocycles. The monoisotopic (exact) mass is 394 g/mol. The van der Waals surface area contributed by atoms with Crippen molar-refractivity contribution in [3.05, 3.63) is 65.6 Å². The van der Waals surface area contributed by atoms with Gasteiger partial charge in [-0.15, -0.1) is 12.6 Å². The molecule has 0 radical (unpaired) electrons. The minimum absolute atomic E-state index is 0.279. The molecule has 1 unspecified atom stereocenters. The quantitative estimate of drug-likeness (QED) is 0.425. The molecule has 2 nitrogen and oxygen atoms in total. The molecule has 136 valence electrons. The number of nitrogens with zero attached hydrogens (tertiary/aromatic N) is 2. The molecule has 1 aromatic heterocycles. The normalized spacial score (nSPS) is 11.8. The number of benzene rings is 2. The molecule has 7 heteroatoms. The Morgan fingerprint density at radius 1 is 1.08 bits per heavy atom. The maximum Gasteiger partial charge on any atom is 0.302 e. The van der Waals surface area contributed by atoms with E-state index < -0.39 is 5.66 Å². The van der Waals surface area contributed by atoms with Gasteiger partial charge < -0.3 is 0 Å². The van der Waals surface area contributed by atoms with Crippen molar-refractivity contribution in [2.24, 2.45) is 0 Å². The van der Waals surface area contributed by atoms with Crippen molar-refractivity contribution in [2.45, 2.75) is 30.3 Å². The molecule has 3 rings (SSSR count). The molecule has 0 fully saturated rings. The first-order chi connectivity index (χ1) is 12.3. The Morgan fingerprint density at radius 2 is 1.69 bits per heavy atom. The lowest BCUT2D eigenvalue weighted by atomic mass is 10.0. The van der Waals surface area contributed by atoms with Gasteiger partial charge in [0.25, 0.3) is 0 Å². The van der Waals surface area contributed by atoms with Gasteiger partial charge in [-0.05, 0) is 55.0 Å². The van der Waals surface area contributed by atoms with E-state index in [1.807, 2.05) is 6.92 Å². The molecule has 3 aromatic rings. The average molecular weight is 394 g/mol. The van der Waals surface area contributed by atoms with Gasteiger partial charge in [0.2, 0.25) is 0 Å². The van der Waals surface area contributed by atoms with Crippen LogP contribution in [-0.4, -0.2) is 9.78 Å². The van der Waals surface area contributed by atoms with E-state index in [1.165, 1.54) is 16.8 Å². The lowest BCUT2D eigenvalue weighted by molar-refractivity contribution is 0.0971. The second kappa shape index (κ2) is 7.45. The minimum Gasteiger partial charge on any atom is -0.232 e. The highest BCUT2D eigenvalue weighted by Crippen LogP contribution is 2.41. The third-order valence-electron chi connectivity index (χ3n) is 4.01. The molecule has 0 saturated heterocycles. The lowest BCUT2D eigenvalue weighted by Gasteiger charge is -2.11. The lowest BCUT2D eigenvalue weighted by Crippen LogP contribution is -2.07. The zero-order valence-electron chi connectivity index (χ0n) is 14.1. The van der Waals surface area contributed by atoms with E-state index >= 15 is 0 Å². The van der Waals surface area contributed by atoms with Crippen LogP contribution in [0.25, 0.3) is 16.9 Å². The van der Waals surface area contributed by atoms with Crippen LogP contribution in [0.1, 0.15) is 24.6 Å². The molecule has 0 spiro atoms. The van der Waals surface area contributed by atoms with Crippen LogP contribution in [0, 0.1) is 5.82 Å². The van der Waals surface area contributed by atoms with Gasteiger partial charge in [-0.25, -0.2) is 9.07 Å². The number of rotatable bonds is 5. The van der Waals surface area contributed by atoms with Gasteiger partial charge >= 0.3 is 5.66 Å². The van der Waals surface area contributed by atoms with E-state index in [-0.39, 0.29) is 11.5 Å². The second-order valence-corrected chi connectivity index (χ2v) is 7.23. The van der Waals surface area contributed by atoms with Crippen LogP contribution in [0.5, 0.6) is 0 Å². The van der Waals surface area contributed by atoms with Crippen molar-refractivity contribution in [1.82, 2.24) is 9.78 Å². The summed E-state index contributed by atoms with van der Waals surface area (Å²) in [7, 11) is 1.56. The van der Waals surface area contributed by atoms with Crippen LogP contribution in [0.4, 0.5) is 13.2 Å². The van der Waals surface area contributed by atoms with Crippen LogP contribution in [0.2, 0.25) is 0 Å². The van der Waals surface area contributed by atoms with E-state index in [2.05, 4.69) is 17.7 Å². The Hall–Kier alpha value is -1.78. The fourth-order valence-electron chi connectivity index (χ4n) is 2.89. The van der Waals surface area contributed by atoms with Crippen molar-refractivity contribution in [1.29, 1.82) is 0 Å². The summed E-state index contributed by atoms with van der Waals surface area (Å²) in [4.78, 5) is 0.759. The van der Waals surface area contributed by atoms with Crippen LogP contribution < -0.4 is 0 Å². The first-order valence-electron chi connectivity index (χ1n) is 8.15. The van der Waals surface area contributed by atoms with Crippen molar-refractivity contribution in [3.63, 3.8) is 0 Å². The van der Waals surface area contributed by atoms with Crippen LogP contribution >= 0.6 is 21.9 Å². The molecule has 2 aromatic carbocycles. The van der Waals surface area contributed by atoms with Gasteiger partial charge in [0.1, 0.15) is 11.5 Å². The summed E-state index contributed by atoms with van der Waals surface area (Å²) in [6, 6.07) is 12.9. The van der Waals surface area contributed by atoms with Crippen LogP contribution in [0.15, 0.2) is 53.4 Å². The highest BCUT2D eigenvalue weighted by molar-refractivity contribution is 7.80. The summed E-state index contributed by atoms with van der Waals surface area (Å²) in [5, 5.41) is 4.23. The predicted octanol–water partition coefficient (Wildman–Crippen LogP) is 5.84. The first-order valence-corrected chi connectivity index (χ1v) is 9.18. The molecule has 0 amide bonds. The van der Waals surface area contributed by atoms with Gasteiger partial charge in [-0.3, -0.25) is 0 Å². The third-order valence-corrected chi connectivity index (χ3v) is 4.58. The predicted molar refractivity (Wildman–Crippen MR) is 104 cm³/mol. The Labute approximate surface area is 158 Å². The SMILES string of the molecule is CCCc1c(C(F)(F)P)nn(-c2ccc(S)cc2)c1-c1ccc(F)cc1. The van der Waals surface area contributed by atoms with Crippen molar-refractivity contribution >= 4 is 21.9 Å². The zero-order valence-corrected chi connectivity index (χ0v) is 16.1. The molecule has 0 N–H and O–H groups in total. The Balaban J connectivity index is 2.31. The van der Waals surface area contributed by atoms with Gasteiger partial charge in [-0.2, -0.15) is 13.9 Å². The van der Waals surface area contributed by atoms with Crippen LogP contribution in [-0.2, 0) is 12.1 Å². The summed E-state index contributed by atoms with van der Waals surface area (Å²) in [5.41, 5.74) is -1.14. The molecule has 0 saturated carbocycles. The average Bonchev–Trinajstić information content (AvgIpc) is 2.96. The summed E-state index contributed by atoms with van der Waals surface area (Å²) < 4.78 is 43.3. The second-order valence-electron chi connectivity index (χ2n) is 5.98. The third kappa shape index (κ3) is 3.81. The van der Waals surface area contributed by atoms with Crippen LogP contribution in [0.3, 0.4) is 0 Å². The molecule has 26 heavy (non-hydrogen) atoms. The number of hydrogen-bond acceptors (Lipinski definition) is 2. The first kappa shape index (κ1) is 19.0. The summed E-state index contributed by atoms with van der Waals surface area (Å²) in [6.45, 7) is 1.92. The van der Waals surface area contributed by atoms with Crippen molar-refractivity contribution in [3.8, 4) is 16.9 Å². The molecule has 0 bridgehead atoms. The van der Waals surface area contributed by atoms with E-state index in [4.69, 9.17) is 0 Å². The smallest absolute Gasteiger partial charge is 0.232 e. The fraction of sp³-hybridized carbons (Fsp3) is 0.211. The number of alkyl halides is 2. The largest absolute Gasteiger partial charge is 0.302 e. The topological polar surface area (TPSA) is 17.8 Å². The Bertz CT molecular complexity index is 900. The summed E-state index contributed by atoms with van der Waals surface area (Å²) in [6.07, 6.45) is 1.12. The zero-order chi connectivity index (χ0) is 18.9. The summed E-state index contributed by atoms with van der Waals surface area (Å²) in [5.74, 6) is -0.382. The maximum absolute atomic E-state index is 14.2. The van der Waals surface area contributed by atoms with E-state index in [0.29, 0.717) is 35.3 Å². The standard InChI is InChI=1S/C19H18F3N2PS/c1-2-3-16-17(12-4-6-13(20)7-5-12)24(23-18(16)19(21,22)25)14-8-10-15(26)11-9-14/h4-11,26H,2-3,25H2,1H3. The Kier molecular flexibility index (Phi) is 5.44.